The van der Waals surface area contributed by atoms with E-state index >= 15 is 0 Å². The largest absolute Gasteiger partial charge is 0.417 e. The van der Waals surface area contributed by atoms with Crippen LogP contribution in [0.3, 0.4) is 0 Å². The summed E-state index contributed by atoms with van der Waals surface area (Å²) in [5, 5.41) is 10.5. The van der Waals surface area contributed by atoms with Gasteiger partial charge in [0.25, 0.3) is 0 Å². The van der Waals surface area contributed by atoms with Crippen LogP contribution in [0.25, 0.3) is 6.08 Å². The van der Waals surface area contributed by atoms with Gasteiger partial charge in [-0.15, -0.1) is 0 Å². The molecule has 0 aromatic heterocycles. The van der Waals surface area contributed by atoms with Gasteiger partial charge in [0.15, 0.2) is 8.32 Å². The van der Waals surface area contributed by atoms with E-state index in [-0.39, 0.29) is 10.8 Å². The van der Waals surface area contributed by atoms with E-state index in [0.29, 0.717) is 13.0 Å². The minimum absolute atomic E-state index is 0.000886. The molecule has 24 heavy (non-hydrogen) atoms. The minimum atomic E-state index is -1.82. The van der Waals surface area contributed by atoms with Gasteiger partial charge in [-0.25, -0.2) is 0 Å². The molecule has 1 aromatic carbocycles. The first-order valence-electron chi connectivity index (χ1n) is 8.60. The molecule has 134 valence electrons. The summed E-state index contributed by atoms with van der Waals surface area (Å²) in [7, 11) is -1.82. The van der Waals surface area contributed by atoms with Crippen molar-refractivity contribution >= 4 is 20.2 Å². The third-order valence-corrected chi connectivity index (χ3v) is 9.46. The Kier molecular flexibility index (Phi) is 7.58. The van der Waals surface area contributed by atoms with Crippen LogP contribution in [-0.4, -0.2) is 31.9 Å². The Morgan fingerprint density at radius 1 is 1.25 bits per heavy atom. The van der Waals surface area contributed by atoms with Crippen LogP contribution < -0.4 is 0 Å². The van der Waals surface area contributed by atoms with E-state index in [0.717, 1.165) is 5.56 Å². The Balaban J connectivity index is 2.64. The average Bonchev–Trinajstić information content (AvgIpc) is 2.48. The molecule has 0 saturated carbocycles. The van der Waals surface area contributed by atoms with E-state index in [1.54, 1.807) is 6.08 Å². The molecule has 1 N–H and O–H groups in total. The maximum absolute atomic E-state index is 11.9. The summed E-state index contributed by atoms with van der Waals surface area (Å²) in [5.74, 6) is -0.422. The molecule has 0 fully saturated rings. The lowest BCUT2D eigenvalue weighted by atomic mass is 9.94. The second-order valence-electron chi connectivity index (χ2n) is 7.87. The predicted molar refractivity (Wildman–Crippen MR) is 103 cm³/mol. The molecule has 4 heteroatoms. The summed E-state index contributed by atoms with van der Waals surface area (Å²) in [5.41, 5.74) is 1.01. The normalized spacial score (nSPS) is 15.5. The fourth-order valence-electron chi connectivity index (χ4n) is 2.18. The van der Waals surface area contributed by atoms with Gasteiger partial charge in [-0.1, -0.05) is 63.3 Å². The summed E-state index contributed by atoms with van der Waals surface area (Å²) < 4.78 is 6.14. The second kappa shape index (κ2) is 8.74. The Hall–Kier alpha value is -1.23. The number of rotatable bonds is 8. The van der Waals surface area contributed by atoms with Crippen molar-refractivity contribution in [1.29, 1.82) is 0 Å². The van der Waals surface area contributed by atoms with Gasteiger partial charge < -0.3 is 9.53 Å². The molecule has 0 aliphatic rings. The first kappa shape index (κ1) is 20.8. The van der Waals surface area contributed by atoms with Crippen LogP contribution in [0.5, 0.6) is 0 Å². The number of benzene rings is 1. The number of Topliss-reactive ketones (excluding diaryl/α,β-unsaturated/α-hetero) is 1. The maximum Gasteiger partial charge on any atom is 0.191 e. The number of hydrogen-bond acceptors (Lipinski definition) is 3. The molecule has 3 nitrogen and oxygen atoms in total. The predicted octanol–water partition coefficient (Wildman–Crippen LogP) is 4.68. The summed E-state index contributed by atoms with van der Waals surface area (Å²) in [6.07, 6.45) is 3.32. The van der Waals surface area contributed by atoms with Crippen LogP contribution in [-0.2, 0) is 9.22 Å². The Morgan fingerprint density at radius 3 is 2.33 bits per heavy atom. The van der Waals surface area contributed by atoms with E-state index in [2.05, 4.69) is 33.9 Å². The number of aliphatic hydroxyl groups excluding tert-OH is 1. The van der Waals surface area contributed by atoms with Gasteiger partial charge >= 0.3 is 0 Å². The topological polar surface area (TPSA) is 46.5 Å². The van der Waals surface area contributed by atoms with Gasteiger partial charge in [-0.2, -0.15) is 0 Å². The van der Waals surface area contributed by atoms with Gasteiger partial charge in [-0.05, 0) is 37.0 Å². The van der Waals surface area contributed by atoms with E-state index in [9.17, 15) is 9.90 Å². The standard InChI is InChI=1S/C20H32O3Si/c1-16(21)18(14-15-23-24(5,6)20(2,3)4)19(22)13-12-17-10-8-7-9-11-17/h7-13,18-19,22H,14-15H2,1-6H3/b13-12+/t18-,19-/m1/s1. The van der Waals surface area contributed by atoms with Crippen molar-refractivity contribution < 1.29 is 14.3 Å². The molecule has 0 amide bonds. The van der Waals surface area contributed by atoms with E-state index in [1.807, 2.05) is 36.4 Å². The smallest absolute Gasteiger partial charge is 0.191 e. The Labute approximate surface area is 147 Å². The van der Waals surface area contributed by atoms with Crippen LogP contribution in [0.1, 0.15) is 39.7 Å². The third kappa shape index (κ3) is 6.34. The van der Waals surface area contributed by atoms with Crippen LogP contribution in [0, 0.1) is 5.92 Å². The fraction of sp³-hybridized carbons (Fsp3) is 0.550. The third-order valence-electron chi connectivity index (χ3n) is 4.92. The number of carbonyl (C=O) groups excluding carboxylic acids is 1. The van der Waals surface area contributed by atoms with Crippen LogP contribution in [0.4, 0.5) is 0 Å². The average molecular weight is 349 g/mol. The van der Waals surface area contributed by atoms with Crippen LogP contribution in [0.15, 0.2) is 36.4 Å². The van der Waals surface area contributed by atoms with Gasteiger partial charge in [0.1, 0.15) is 5.78 Å². The van der Waals surface area contributed by atoms with Gasteiger partial charge in [0, 0.05) is 12.5 Å². The van der Waals surface area contributed by atoms with Gasteiger partial charge in [-0.3, -0.25) is 4.79 Å². The van der Waals surface area contributed by atoms with Gasteiger partial charge in [0.2, 0.25) is 0 Å². The SMILES string of the molecule is CC(=O)[C@@H](CCO[Si](C)(C)C(C)(C)C)[C@H](O)/C=C/c1ccccc1. The fourth-order valence-corrected chi connectivity index (χ4v) is 3.24. The lowest BCUT2D eigenvalue weighted by molar-refractivity contribution is -0.123. The molecule has 0 bridgehead atoms. The molecular weight excluding hydrogens is 316 g/mol. The van der Waals surface area contributed by atoms with Crippen LogP contribution in [0.2, 0.25) is 18.1 Å². The number of aliphatic hydroxyl groups is 1. The lowest BCUT2D eigenvalue weighted by Crippen LogP contribution is -2.41. The molecule has 0 aliphatic heterocycles. The molecule has 1 rings (SSSR count). The second-order valence-corrected chi connectivity index (χ2v) is 12.7. The van der Waals surface area contributed by atoms with Crippen molar-refractivity contribution in [2.75, 3.05) is 6.61 Å². The van der Waals surface area contributed by atoms with Crippen molar-refractivity contribution in [2.24, 2.45) is 5.92 Å². The zero-order chi connectivity index (χ0) is 18.4. The highest BCUT2D eigenvalue weighted by Gasteiger charge is 2.37. The molecule has 0 heterocycles. The molecule has 0 radical (unpaired) electrons. The first-order valence-corrected chi connectivity index (χ1v) is 11.5. The molecule has 0 unspecified atom stereocenters. The lowest BCUT2D eigenvalue weighted by Gasteiger charge is -2.36. The summed E-state index contributed by atoms with van der Waals surface area (Å²) in [6, 6.07) is 9.77. The van der Waals surface area contributed by atoms with Crippen molar-refractivity contribution in [3.63, 3.8) is 0 Å². The minimum Gasteiger partial charge on any atom is -0.417 e. The van der Waals surface area contributed by atoms with E-state index in [1.165, 1.54) is 6.92 Å². The zero-order valence-electron chi connectivity index (χ0n) is 15.9. The number of hydrogen-bond donors (Lipinski definition) is 1. The Bertz CT molecular complexity index is 544. The first-order chi connectivity index (χ1) is 11.0. The molecule has 1 aromatic rings. The van der Waals surface area contributed by atoms with Crippen LogP contribution >= 0.6 is 0 Å². The van der Waals surface area contributed by atoms with Crippen molar-refractivity contribution in [1.82, 2.24) is 0 Å². The van der Waals surface area contributed by atoms with Crippen molar-refractivity contribution in [2.45, 2.75) is 58.4 Å². The van der Waals surface area contributed by atoms with E-state index in [4.69, 9.17) is 4.43 Å². The maximum atomic E-state index is 11.9. The highest BCUT2D eigenvalue weighted by atomic mass is 28.4. The molecule has 0 spiro atoms. The summed E-state index contributed by atoms with van der Waals surface area (Å²) in [4.78, 5) is 11.9. The zero-order valence-corrected chi connectivity index (χ0v) is 16.9. The molecular formula is C20H32O3Si. The highest BCUT2D eigenvalue weighted by Crippen LogP contribution is 2.36. The number of ketones is 1. The van der Waals surface area contributed by atoms with Crippen molar-refractivity contribution in [3.05, 3.63) is 42.0 Å². The highest BCUT2D eigenvalue weighted by molar-refractivity contribution is 6.74. The monoisotopic (exact) mass is 348 g/mol. The quantitative estimate of drug-likeness (QED) is 0.694. The molecule has 0 aliphatic carbocycles. The Morgan fingerprint density at radius 2 is 1.83 bits per heavy atom. The number of carbonyl (C=O) groups is 1. The van der Waals surface area contributed by atoms with Gasteiger partial charge in [0.05, 0.1) is 6.10 Å². The molecule has 2 atom stereocenters. The van der Waals surface area contributed by atoms with E-state index < -0.39 is 20.3 Å². The summed E-state index contributed by atoms with van der Waals surface area (Å²) >= 11 is 0. The summed E-state index contributed by atoms with van der Waals surface area (Å²) in [6.45, 7) is 13.0. The van der Waals surface area contributed by atoms with Crippen molar-refractivity contribution in [3.8, 4) is 0 Å². The molecule has 0 saturated heterocycles.